The van der Waals surface area contributed by atoms with E-state index in [0.29, 0.717) is 37.8 Å². The van der Waals surface area contributed by atoms with Crippen LogP contribution in [0.5, 0.6) is 0 Å². The van der Waals surface area contributed by atoms with Crippen LogP contribution >= 0.6 is 0 Å². The Hall–Kier alpha value is -2.82. The first-order valence-corrected chi connectivity index (χ1v) is 6.86. The van der Waals surface area contributed by atoms with E-state index in [9.17, 15) is 9.59 Å². The van der Waals surface area contributed by atoms with Gasteiger partial charge in [0.05, 0.1) is 0 Å². The van der Waals surface area contributed by atoms with Gasteiger partial charge in [-0.2, -0.15) is 5.26 Å². The molecule has 1 aromatic rings. The van der Waals surface area contributed by atoms with Crippen LogP contribution in [0.25, 0.3) is 0 Å². The van der Waals surface area contributed by atoms with Gasteiger partial charge in [-0.3, -0.25) is 9.59 Å². The van der Waals surface area contributed by atoms with Gasteiger partial charge < -0.3 is 19.6 Å². The average molecular weight is 303 g/mol. The number of hydrogen-bond acceptors (Lipinski definition) is 6. The van der Waals surface area contributed by atoms with Crippen molar-refractivity contribution in [3.63, 3.8) is 0 Å². The fraction of sp³-hybridized carbons (Fsp3) is 0.429. The van der Waals surface area contributed by atoms with Gasteiger partial charge in [0.1, 0.15) is 17.4 Å². The summed E-state index contributed by atoms with van der Waals surface area (Å²) in [6.07, 6.45) is 1.32. The fourth-order valence-corrected chi connectivity index (χ4v) is 2.12. The summed E-state index contributed by atoms with van der Waals surface area (Å²) in [5.74, 6) is 0.685. The first kappa shape index (κ1) is 15.6. The number of nitrogens with zero attached hydrogens (tertiary/aromatic N) is 4. The molecule has 0 unspecified atom stereocenters. The standard InChI is InChI=1S/C14H17N5O3/c1-10-7-13(17-22-10)16-9-12(8-15)14(21)19-5-3-18(4-6-19)11(2)20/h7,9H,3-6H2,1-2H3,(H,16,17)/b12-9-. The molecule has 1 saturated heterocycles. The summed E-state index contributed by atoms with van der Waals surface area (Å²) in [5.41, 5.74) is -0.0167. The minimum atomic E-state index is -0.363. The Morgan fingerprint density at radius 2 is 2.00 bits per heavy atom. The molecule has 0 aliphatic carbocycles. The monoisotopic (exact) mass is 303 g/mol. The summed E-state index contributed by atoms with van der Waals surface area (Å²) < 4.78 is 4.88. The zero-order valence-electron chi connectivity index (χ0n) is 12.5. The van der Waals surface area contributed by atoms with E-state index >= 15 is 0 Å². The summed E-state index contributed by atoms with van der Waals surface area (Å²) in [6.45, 7) is 5.04. The predicted molar refractivity (Wildman–Crippen MR) is 77.4 cm³/mol. The van der Waals surface area contributed by atoms with Crippen molar-refractivity contribution in [1.82, 2.24) is 15.0 Å². The number of piperazine rings is 1. The lowest BCUT2D eigenvalue weighted by Crippen LogP contribution is -2.50. The average Bonchev–Trinajstić information content (AvgIpc) is 2.93. The van der Waals surface area contributed by atoms with Gasteiger partial charge in [-0.05, 0) is 6.92 Å². The second kappa shape index (κ2) is 6.76. The number of rotatable bonds is 3. The van der Waals surface area contributed by atoms with Crippen LogP contribution in [0, 0.1) is 18.3 Å². The van der Waals surface area contributed by atoms with Crippen molar-refractivity contribution in [3.05, 3.63) is 23.6 Å². The molecule has 2 heterocycles. The van der Waals surface area contributed by atoms with Crippen LogP contribution in [-0.4, -0.2) is 52.9 Å². The number of hydrogen-bond donors (Lipinski definition) is 1. The van der Waals surface area contributed by atoms with E-state index in [2.05, 4.69) is 10.5 Å². The molecule has 8 nitrogen and oxygen atoms in total. The number of carbonyl (C=O) groups is 2. The molecule has 0 atom stereocenters. The highest BCUT2D eigenvalue weighted by Crippen LogP contribution is 2.10. The van der Waals surface area contributed by atoms with E-state index in [1.165, 1.54) is 13.1 Å². The lowest BCUT2D eigenvalue weighted by atomic mass is 10.2. The molecular weight excluding hydrogens is 286 g/mol. The SMILES string of the molecule is CC(=O)N1CCN(C(=O)/C(C#N)=C\Nc2cc(C)on2)CC1. The molecule has 1 aliphatic rings. The van der Waals surface area contributed by atoms with E-state index in [4.69, 9.17) is 9.78 Å². The van der Waals surface area contributed by atoms with Crippen molar-refractivity contribution in [2.75, 3.05) is 31.5 Å². The summed E-state index contributed by atoms with van der Waals surface area (Å²) >= 11 is 0. The zero-order chi connectivity index (χ0) is 16.1. The Bertz CT molecular complexity index is 635. The number of anilines is 1. The molecule has 1 aromatic heterocycles. The van der Waals surface area contributed by atoms with Gasteiger partial charge in [-0.15, -0.1) is 0 Å². The van der Waals surface area contributed by atoms with Crippen LogP contribution in [0.3, 0.4) is 0 Å². The van der Waals surface area contributed by atoms with E-state index in [1.54, 1.807) is 22.8 Å². The Morgan fingerprint density at radius 3 is 2.50 bits per heavy atom. The highest BCUT2D eigenvalue weighted by atomic mass is 16.5. The first-order chi connectivity index (χ1) is 10.5. The molecule has 22 heavy (non-hydrogen) atoms. The van der Waals surface area contributed by atoms with Crippen LogP contribution in [-0.2, 0) is 9.59 Å². The van der Waals surface area contributed by atoms with Crippen molar-refractivity contribution >= 4 is 17.6 Å². The van der Waals surface area contributed by atoms with Gasteiger partial charge in [0.2, 0.25) is 5.91 Å². The van der Waals surface area contributed by atoms with Gasteiger partial charge in [0.15, 0.2) is 5.82 Å². The maximum Gasteiger partial charge on any atom is 0.266 e. The number of nitrogens with one attached hydrogen (secondary N) is 1. The molecular formula is C14H17N5O3. The predicted octanol–water partition coefficient (Wildman–Crippen LogP) is 0.493. The van der Waals surface area contributed by atoms with Crippen LogP contribution in [0.4, 0.5) is 5.82 Å². The molecule has 0 radical (unpaired) electrons. The topological polar surface area (TPSA) is 102 Å². The molecule has 8 heteroatoms. The maximum absolute atomic E-state index is 12.3. The van der Waals surface area contributed by atoms with E-state index < -0.39 is 0 Å². The van der Waals surface area contributed by atoms with Crippen LogP contribution in [0.1, 0.15) is 12.7 Å². The number of aromatic nitrogens is 1. The van der Waals surface area contributed by atoms with Crippen molar-refractivity contribution in [2.45, 2.75) is 13.8 Å². The summed E-state index contributed by atoms with van der Waals surface area (Å²) in [5, 5.41) is 15.6. The molecule has 2 amide bonds. The zero-order valence-corrected chi connectivity index (χ0v) is 12.5. The van der Waals surface area contributed by atoms with E-state index in [0.717, 1.165) is 0 Å². The minimum Gasteiger partial charge on any atom is -0.360 e. The molecule has 116 valence electrons. The van der Waals surface area contributed by atoms with Gasteiger partial charge in [0, 0.05) is 45.4 Å². The summed E-state index contributed by atoms with van der Waals surface area (Å²) in [6, 6.07) is 3.53. The quantitative estimate of drug-likeness (QED) is 0.644. The minimum absolute atomic E-state index is 0.00813. The molecule has 0 aromatic carbocycles. The summed E-state index contributed by atoms with van der Waals surface area (Å²) in [7, 11) is 0. The smallest absolute Gasteiger partial charge is 0.266 e. The third-order valence-electron chi connectivity index (χ3n) is 3.36. The molecule has 0 saturated carbocycles. The Labute approximate surface area is 128 Å². The lowest BCUT2D eigenvalue weighted by Gasteiger charge is -2.34. The molecule has 0 bridgehead atoms. The maximum atomic E-state index is 12.3. The third-order valence-corrected chi connectivity index (χ3v) is 3.36. The highest BCUT2D eigenvalue weighted by molar-refractivity contribution is 5.97. The number of aryl methyl sites for hydroxylation is 1. The van der Waals surface area contributed by atoms with Gasteiger partial charge in [-0.1, -0.05) is 5.16 Å². The Morgan fingerprint density at radius 1 is 1.36 bits per heavy atom. The van der Waals surface area contributed by atoms with Gasteiger partial charge >= 0.3 is 0 Å². The Kier molecular flexibility index (Phi) is 4.78. The van der Waals surface area contributed by atoms with Crippen molar-refractivity contribution in [3.8, 4) is 6.07 Å². The lowest BCUT2D eigenvalue weighted by molar-refractivity contribution is -0.136. The van der Waals surface area contributed by atoms with Crippen LogP contribution in [0.2, 0.25) is 0 Å². The fourth-order valence-electron chi connectivity index (χ4n) is 2.12. The number of amides is 2. The van der Waals surface area contributed by atoms with Crippen molar-refractivity contribution in [1.29, 1.82) is 5.26 Å². The van der Waals surface area contributed by atoms with Crippen LogP contribution in [0.15, 0.2) is 22.4 Å². The molecule has 2 rings (SSSR count). The normalized spacial score (nSPS) is 15.4. The van der Waals surface area contributed by atoms with Crippen molar-refractivity contribution in [2.24, 2.45) is 0 Å². The molecule has 1 N–H and O–H groups in total. The molecule has 0 spiro atoms. The highest BCUT2D eigenvalue weighted by Gasteiger charge is 2.24. The van der Waals surface area contributed by atoms with E-state index in [1.807, 2.05) is 6.07 Å². The second-order valence-corrected chi connectivity index (χ2v) is 4.94. The third kappa shape index (κ3) is 3.63. The van der Waals surface area contributed by atoms with Crippen LogP contribution < -0.4 is 5.32 Å². The van der Waals surface area contributed by atoms with Gasteiger partial charge in [-0.25, -0.2) is 0 Å². The number of carbonyl (C=O) groups excluding carboxylic acids is 2. The molecule has 1 aliphatic heterocycles. The second-order valence-electron chi connectivity index (χ2n) is 4.94. The van der Waals surface area contributed by atoms with Crippen molar-refractivity contribution < 1.29 is 14.1 Å². The summed E-state index contributed by atoms with van der Waals surface area (Å²) in [4.78, 5) is 26.8. The van der Waals surface area contributed by atoms with Gasteiger partial charge in [0.25, 0.3) is 5.91 Å². The Balaban J connectivity index is 1.97. The largest absolute Gasteiger partial charge is 0.360 e. The van der Waals surface area contributed by atoms with E-state index in [-0.39, 0.29) is 17.4 Å². The number of nitriles is 1. The first-order valence-electron chi connectivity index (χ1n) is 6.86. The molecule has 1 fully saturated rings.